The zero-order chi connectivity index (χ0) is 20.7. The lowest BCUT2D eigenvalue weighted by Gasteiger charge is -2.12. The third-order valence-electron chi connectivity index (χ3n) is 4.25. The summed E-state index contributed by atoms with van der Waals surface area (Å²) in [4.78, 5) is 5.10. The van der Waals surface area contributed by atoms with Gasteiger partial charge in [-0.2, -0.15) is 13.2 Å². The van der Waals surface area contributed by atoms with Gasteiger partial charge >= 0.3 is 6.18 Å². The molecule has 1 aliphatic carbocycles. The van der Waals surface area contributed by atoms with Crippen LogP contribution < -0.4 is 4.74 Å². The summed E-state index contributed by atoms with van der Waals surface area (Å²) in [5.74, 6) is 1.49. The number of rotatable bonds is 7. The monoisotopic (exact) mass is 403 g/mol. The second-order valence-electron chi connectivity index (χ2n) is 6.45. The summed E-state index contributed by atoms with van der Waals surface area (Å²) in [7, 11) is 0. The predicted octanol–water partition coefficient (Wildman–Crippen LogP) is 5.77. The van der Waals surface area contributed by atoms with Gasteiger partial charge in [0.25, 0.3) is 0 Å². The molecule has 4 nitrogen and oxygen atoms in total. The first-order chi connectivity index (χ1) is 13.9. The van der Waals surface area contributed by atoms with E-state index in [2.05, 4.69) is 11.2 Å². The Balaban J connectivity index is 1.47. The van der Waals surface area contributed by atoms with Crippen LogP contribution in [0.1, 0.15) is 29.5 Å². The molecule has 3 rings (SSSR count). The van der Waals surface area contributed by atoms with E-state index < -0.39 is 11.7 Å². The zero-order valence-corrected chi connectivity index (χ0v) is 15.5. The maximum Gasteiger partial charge on any atom is 0.416 e. The number of nitrogens with zero attached hydrogens (tertiary/aromatic N) is 1. The van der Waals surface area contributed by atoms with Crippen molar-refractivity contribution in [1.29, 1.82) is 0 Å². The molecule has 0 bridgehead atoms. The van der Waals surface area contributed by atoms with E-state index in [1.807, 2.05) is 12.2 Å². The van der Waals surface area contributed by atoms with Crippen LogP contribution in [-0.4, -0.2) is 11.3 Å². The molecule has 0 radical (unpaired) electrons. The molecule has 0 aliphatic heterocycles. The fourth-order valence-corrected chi connectivity index (χ4v) is 2.69. The fourth-order valence-electron chi connectivity index (χ4n) is 2.69. The summed E-state index contributed by atoms with van der Waals surface area (Å²) in [5, 5.41) is 13.9. The quantitative estimate of drug-likeness (QED) is 0.472. The zero-order valence-electron chi connectivity index (χ0n) is 15.5. The predicted molar refractivity (Wildman–Crippen MR) is 104 cm³/mol. The number of ether oxygens (including phenoxy) is 1. The summed E-state index contributed by atoms with van der Waals surface area (Å²) >= 11 is 0. The number of allylic oxidation sites excluding steroid dienone is 4. The molecule has 0 saturated heterocycles. The van der Waals surface area contributed by atoms with Crippen molar-refractivity contribution < 1.29 is 27.9 Å². The van der Waals surface area contributed by atoms with Crippen LogP contribution in [0.15, 0.2) is 71.6 Å². The lowest BCUT2D eigenvalue weighted by atomic mass is 10.1. The highest BCUT2D eigenvalue weighted by molar-refractivity contribution is 5.63. The van der Waals surface area contributed by atoms with Gasteiger partial charge in [0.05, 0.1) is 5.56 Å². The second-order valence-corrected chi connectivity index (χ2v) is 6.45. The van der Waals surface area contributed by atoms with Crippen LogP contribution >= 0.6 is 0 Å². The summed E-state index contributed by atoms with van der Waals surface area (Å²) in [5.41, 5.74) is 0.520. The maximum absolute atomic E-state index is 12.5. The van der Waals surface area contributed by atoms with E-state index in [9.17, 15) is 18.3 Å². The maximum atomic E-state index is 12.5. The third-order valence-corrected chi connectivity index (χ3v) is 4.25. The van der Waals surface area contributed by atoms with Crippen molar-refractivity contribution in [2.24, 2.45) is 5.16 Å². The average molecular weight is 403 g/mol. The third kappa shape index (κ3) is 6.14. The summed E-state index contributed by atoms with van der Waals surface area (Å²) in [6.45, 7) is 0.0525. The van der Waals surface area contributed by atoms with E-state index in [1.54, 1.807) is 18.2 Å². The van der Waals surface area contributed by atoms with Crippen LogP contribution in [0.5, 0.6) is 11.5 Å². The fraction of sp³-hybridized carbons (Fsp3) is 0.227. The molecule has 2 aromatic rings. The van der Waals surface area contributed by atoms with Gasteiger partial charge < -0.3 is 14.7 Å². The Hall–Kier alpha value is -3.22. The van der Waals surface area contributed by atoms with Gasteiger partial charge in [-0.1, -0.05) is 35.5 Å². The molecule has 7 heteroatoms. The Labute approximate surface area is 166 Å². The van der Waals surface area contributed by atoms with Crippen LogP contribution in [0.3, 0.4) is 0 Å². The molecule has 1 aliphatic rings. The minimum atomic E-state index is -4.36. The Morgan fingerprint density at radius 1 is 1.10 bits per heavy atom. The van der Waals surface area contributed by atoms with Crippen LogP contribution in [0, 0.1) is 0 Å². The minimum Gasteiger partial charge on any atom is -0.508 e. The number of hydrogen-bond donors (Lipinski definition) is 1. The normalized spacial score (nSPS) is 14.1. The van der Waals surface area contributed by atoms with Gasteiger partial charge in [-0.15, -0.1) is 0 Å². The largest absolute Gasteiger partial charge is 0.508 e. The number of phenolic OH excluding ortho intramolecular Hbond substituents is 1. The highest BCUT2D eigenvalue weighted by atomic mass is 19.4. The SMILES string of the molecule is Oc1cc(OC2=CC=CCC2)ccc1CC=NOCc1ccc(C(F)(F)F)cc1. The molecule has 0 aromatic heterocycles. The van der Waals surface area contributed by atoms with Gasteiger partial charge in [-0.05, 0) is 41.8 Å². The van der Waals surface area contributed by atoms with Crippen molar-refractivity contribution in [2.75, 3.05) is 0 Å². The second kappa shape index (κ2) is 9.32. The molecule has 0 saturated carbocycles. The van der Waals surface area contributed by atoms with Crippen molar-refractivity contribution in [3.8, 4) is 11.5 Å². The van der Waals surface area contributed by atoms with Crippen LogP contribution in [0.2, 0.25) is 0 Å². The van der Waals surface area contributed by atoms with Gasteiger partial charge in [-0.25, -0.2) is 0 Å². The molecular formula is C22H20F3NO3. The van der Waals surface area contributed by atoms with Gasteiger partial charge in [0, 0.05) is 25.1 Å². The van der Waals surface area contributed by atoms with E-state index in [-0.39, 0.29) is 12.4 Å². The molecule has 0 amide bonds. The van der Waals surface area contributed by atoms with Crippen molar-refractivity contribution in [2.45, 2.75) is 32.0 Å². The molecule has 0 fully saturated rings. The molecule has 0 unspecified atom stereocenters. The summed E-state index contributed by atoms with van der Waals surface area (Å²) < 4.78 is 43.3. The number of benzene rings is 2. The number of phenols is 1. The Morgan fingerprint density at radius 2 is 1.90 bits per heavy atom. The van der Waals surface area contributed by atoms with Crippen LogP contribution in [-0.2, 0) is 24.0 Å². The lowest BCUT2D eigenvalue weighted by molar-refractivity contribution is -0.137. The van der Waals surface area contributed by atoms with Crippen LogP contribution in [0.4, 0.5) is 13.2 Å². The first kappa shape index (κ1) is 20.5. The summed E-state index contributed by atoms with van der Waals surface area (Å²) in [6, 6.07) is 9.76. The molecule has 0 heterocycles. The van der Waals surface area contributed by atoms with E-state index in [0.717, 1.165) is 30.7 Å². The van der Waals surface area contributed by atoms with Gasteiger partial charge in [0.15, 0.2) is 0 Å². The highest BCUT2D eigenvalue weighted by Crippen LogP contribution is 2.29. The Morgan fingerprint density at radius 3 is 2.55 bits per heavy atom. The average Bonchev–Trinajstić information content (AvgIpc) is 2.70. The van der Waals surface area contributed by atoms with Crippen molar-refractivity contribution >= 4 is 6.21 Å². The highest BCUT2D eigenvalue weighted by Gasteiger charge is 2.29. The number of oxime groups is 1. The minimum absolute atomic E-state index is 0.0525. The van der Waals surface area contributed by atoms with Crippen molar-refractivity contribution in [3.63, 3.8) is 0 Å². The molecule has 2 aromatic carbocycles. The first-order valence-electron chi connectivity index (χ1n) is 9.07. The summed E-state index contributed by atoms with van der Waals surface area (Å²) in [6.07, 6.45) is 5.11. The van der Waals surface area contributed by atoms with Crippen molar-refractivity contribution in [3.05, 3.63) is 83.1 Å². The molecular weight excluding hydrogens is 383 g/mol. The van der Waals surface area contributed by atoms with Gasteiger partial charge in [0.1, 0.15) is 23.9 Å². The molecule has 0 atom stereocenters. The molecule has 152 valence electrons. The molecule has 29 heavy (non-hydrogen) atoms. The standard InChI is InChI=1S/C22H20F3NO3/c23-22(24,25)18-9-6-16(7-10-18)15-28-26-13-12-17-8-11-20(14-21(17)27)29-19-4-2-1-3-5-19/h1-2,4,6-11,13-14,27H,3,5,12,15H2. The van der Waals surface area contributed by atoms with Crippen LogP contribution in [0.25, 0.3) is 0 Å². The van der Waals surface area contributed by atoms with E-state index >= 15 is 0 Å². The number of aromatic hydroxyl groups is 1. The van der Waals surface area contributed by atoms with Crippen molar-refractivity contribution in [1.82, 2.24) is 0 Å². The topological polar surface area (TPSA) is 51.0 Å². The van der Waals surface area contributed by atoms with E-state index in [4.69, 9.17) is 9.57 Å². The smallest absolute Gasteiger partial charge is 0.416 e. The molecule has 1 N–H and O–H groups in total. The first-order valence-corrected chi connectivity index (χ1v) is 9.07. The lowest BCUT2D eigenvalue weighted by Crippen LogP contribution is -2.04. The molecule has 0 spiro atoms. The number of halogens is 3. The number of alkyl halides is 3. The number of hydrogen-bond acceptors (Lipinski definition) is 4. The van der Waals surface area contributed by atoms with E-state index in [0.29, 0.717) is 23.3 Å². The Kier molecular flexibility index (Phi) is 6.59. The Bertz CT molecular complexity index is 916. The van der Waals surface area contributed by atoms with Gasteiger partial charge in [-0.3, -0.25) is 0 Å². The van der Waals surface area contributed by atoms with Gasteiger partial charge in [0.2, 0.25) is 0 Å². The van der Waals surface area contributed by atoms with E-state index in [1.165, 1.54) is 18.3 Å².